The molecule has 4 heteroatoms. The average Bonchev–Trinajstić information content (AvgIpc) is 3.29. The molecule has 0 spiro atoms. The third-order valence-electron chi connectivity index (χ3n) is 6.98. The van der Waals surface area contributed by atoms with E-state index in [4.69, 9.17) is 0 Å². The minimum absolute atomic E-state index is 0.0359. The van der Waals surface area contributed by atoms with Crippen molar-refractivity contribution < 1.29 is 14.7 Å². The van der Waals surface area contributed by atoms with Crippen LogP contribution in [-0.2, 0) is 16.0 Å². The molecule has 1 aromatic carbocycles. The molecule has 1 N–H and O–H groups in total. The van der Waals surface area contributed by atoms with Crippen LogP contribution in [0.3, 0.4) is 0 Å². The second-order valence-electron chi connectivity index (χ2n) is 8.53. The number of hydrogen-bond donors (Lipinski definition) is 1. The number of carboxylic acid groups (broad SMARTS) is 1. The Kier molecular flexibility index (Phi) is 4.09. The summed E-state index contributed by atoms with van der Waals surface area (Å²) in [4.78, 5) is 26.9. The van der Waals surface area contributed by atoms with Crippen molar-refractivity contribution in [2.45, 2.75) is 39.0 Å². The van der Waals surface area contributed by atoms with Gasteiger partial charge in [0.25, 0.3) is 0 Å². The molecule has 5 atom stereocenters. The first kappa shape index (κ1) is 16.6. The molecule has 4 nitrogen and oxygen atoms in total. The van der Waals surface area contributed by atoms with E-state index in [1.807, 2.05) is 30.0 Å². The van der Waals surface area contributed by atoms with Crippen LogP contribution in [0.4, 0.5) is 0 Å². The summed E-state index contributed by atoms with van der Waals surface area (Å²) in [6.07, 6.45) is 5.35. The highest BCUT2D eigenvalue weighted by atomic mass is 16.4. The number of fused-ring (bicyclic) bond motifs is 2. The summed E-state index contributed by atoms with van der Waals surface area (Å²) in [5.74, 6) is 0.203. The van der Waals surface area contributed by atoms with Crippen LogP contribution in [0, 0.1) is 29.1 Å². The molecule has 134 valence electrons. The highest BCUT2D eigenvalue weighted by molar-refractivity contribution is 5.85. The lowest BCUT2D eigenvalue weighted by atomic mass is 9.68. The zero-order valence-corrected chi connectivity index (χ0v) is 14.9. The lowest BCUT2D eigenvalue weighted by molar-refractivity contribution is -0.145. The van der Waals surface area contributed by atoms with E-state index in [2.05, 4.69) is 12.1 Å². The van der Waals surface area contributed by atoms with E-state index in [1.165, 1.54) is 18.4 Å². The number of carboxylic acids is 1. The number of amides is 1. The molecule has 2 bridgehead atoms. The molecule has 3 aliphatic rings. The third kappa shape index (κ3) is 2.76. The van der Waals surface area contributed by atoms with Crippen molar-refractivity contribution in [2.24, 2.45) is 29.1 Å². The number of rotatable bonds is 4. The van der Waals surface area contributed by atoms with Crippen LogP contribution in [0.15, 0.2) is 30.3 Å². The molecule has 0 radical (unpaired) electrons. The van der Waals surface area contributed by atoms with Gasteiger partial charge in [-0.25, -0.2) is 0 Å². The third-order valence-corrected chi connectivity index (χ3v) is 6.98. The summed E-state index contributed by atoms with van der Waals surface area (Å²) in [5.41, 5.74) is 0.919. The van der Waals surface area contributed by atoms with Crippen LogP contribution in [0.25, 0.3) is 0 Å². The van der Waals surface area contributed by atoms with E-state index >= 15 is 0 Å². The topological polar surface area (TPSA) is 57.6 Å². The van der Waals surface area contributed by atoms with Crippen molar-refractivity contribution in [3.05, 3.63) is 35.9 Å². The number of benzene rings is 1. The number of aliphatic carboxylic acids is 1. The second-order valence-corrected chi connectivity index (χ2v) is 8.53. The normalized spacial score (nSPS) is 36.8. The number of hydrogen-bond acceptors (Lipinski definition) is 2. The average molecular weight is 341 g/mol. The molecule has 2 aliphatic carbocycles. The van der Waals surface area contributed by atoms with Crippen molar-refractivity contribution in [3.8, 4) is 0 Å². The van der Waals surface area contributed by atoms with E-state index < -0.39 is 11.9 Å². The molecule has 1 aromatic rings. The fourth-order valence-electron chi connectivity index (χ4n) is 5.73. The first-order valence-electron chi connectivity index (χ1n) is 9.56. The maximum absolute atomic E-state index is 13.6. The largest absolute Gasteiger partial charge is 0.481 e. The van der Waals surface area contributed by atoms with Crippen molar-refractivity contribution in [1.82, 2.24) is 4.90 Å². The summed E-state index contributed by atoms with van der Waals surface area (Å²) in [7, 11) is 0. The van der Waals surface area contributed by atoms with Crippen LogP contribution in [-0.4, -0.2) is 35.0 Å². The van der Waals surface area contributed by atoms with E-state index in [-0.39, 0.29) is 17.2 Å². The van der Waals surface area contributed by atoms with Crippen LogP contribution >= 0.6 is 0 Å². The number of carbonyl (C=O) groups excluding carboxylic acids is 1. The lowest BCUT2D eigenvalue weighted by Crippen LogP contribution is -2.47. The first-order chi connectivity index (χ1) is 12.0. The fraction of sp³-hybridized carbons (Fsp3) is 0.619. The molecule has 25 heavy (non-hydrogen) atoms. The molecule has 1 saturated heterocycles. The molecule has 1 aliphatic heterocycles. The van der Waals surface area contributed by atoms with Crippen LogP contribution in [0.1, 0.15) is 38.2 Å². The van der Waals surface area contributed by atoms with Gasteiger partial charge in [0.1, 0.15) is 0 Å². The van der Waals surface area contributed by atoms with Gasteiger partial charge in [0, 0.05) is 13.1 Å². The van der Waals surface area contributed by atoms with Crippen LogP contribution in [0.5, 0.6) is 0 Å². The van der Waals surface area contributed by atoms with Gasteiger partial charge in [-0.05, 0) is 49.0 Å². The Labute approximate surface area is 149 Å². The predicted octanol–water partition coefficient (Wildman–Crippen LogP) is 3.21. The van der Waals surface area contributed by atoms with E-state index in [9.17, 15) is 14.7 Å². The Hall–Kier alpha value is -1.84. The molecule has 1 amide bonds. The maximum atomic E-state index is 13.6. The molecule has 2 saturated carbocycles. The Morgan fingerprint density at radius 2 is 1.96 bits per heavy atom. The van der Waals surface area contributed by atoms with E-state index in [0.717, 1.165) is 19.3 Å². The minimum Gasteiger partial charge on any atom is -0.481 e. The van der Waals surface area contributed by atoms with Gasteiger partial charge in [0.15, 0.2) is 0 Å². The van der Waals surface area contributed by atoms with Crippen molar-refractivity contribution >= 4 is 11.9 Å². The minimum atomic E-state index is -0.771. The first-order valence-corrected chi connectivity index (χ1v) is 9.56. The van der Waals surface area contributed by atoms with Gasteiger partial charge >= 0.3 is 5.97 Å². The van der Waals surface area contributed by atoms with Gasteiger partial charge in [0.2, 0.25) is 5.91 Å². The highest BCUT2D eigenvalue weighted by Crippen LogP contribution is 2.58. The summed E-state index contributed by atoms with van der Waals surface area (Å²) in [6, 6.07) is 10.3. The summed E-state index contributed by atoms with van der Waals surface area (Å²) < 4.78 is 0. The summed E-state index contributed by atoms with van der Waals surface area (Å²) >= 11 is 0. The molecule has 1 heterocycles. The van der Waals surface area contributed by atoms with Gasteiger partial charge in [-0.1, -0.05) is 43.7 Å². The molecular weight excluding hydrogens is 314 g/mol. The highest BCUT2D eigenvalue weighted by Gasteiger charge is 2.57. The monoisotopic (exact) mass is 341 g/mol. The van der Waals surface area contributed by atoms with Crippen molar-refractivity contribution in [1.29, 1.82) is 0 Å². The van der Waals surface area contributed by atoms with Crippen molar-refractivity contribution in [2.75, 3.05) is 13.1 Å². The van der Waals surface area contributed by atoms with Crippen molar-refractivity contribution in [3.63, 3.8) is 0 Å². The maximum Gasteiger partial charge on any atom is 0.308 e. The van der Waals surface area contributed by atoms with Crippen LogP contribution in [0.2, 0.25) is 0 Å². The molecule has 3 unspecified atom stereocenters. The van der Waals surface area contributed by atoms with Gasteiger partial charge < -0.3 is 10.0 Å². The lowest BCUT2D eigenvalue weighted by Gasteiger charge is -2.39. The summed E-state index contributed by atoms with van der Waals surface area (Å²) in [6.45, 7) is 2.92. The zero-order valence-electron chi connectivity index (χ0n) is 14.9. The molecular formula is C21H27NO3. The SMILES string of the molecule is C[C@@H]1CN(C(=O)C2(Cc3ccccc3)CC3CCC2C3)C[C@H]1C(=O)O. The van der Waals surface area contributed by atoms with E-state index in [1.54, 1.807) is 0 Å². The molecule has 4 rings (SSSR count). The van der Waals surface area contributed by atoms with Gasteiger partial charge in [-0.2, -0.15) is 0 Å². The molecule has 0 aromatic heterocycles. The second kappa shape index (κ2) is 6.15. The van der Waals surface area contributed by atoms with Gasteiger partial charge in [-0.15, -0.1) is 0 Å². The Bertz CT molecular complexity index is 673. The predicted molar refractivity (Wildman–Crippen MR) is 94.9 cm³/mol. The van der Waals surface area contributed by atoms with Crippen LogP contribution < -0.4 is 0 Å². The fourth-order valence-corrected chi connectivity index (χ4v) is 5.73. The number of likely N-dealkylation sites (tertiary alicyclic amines) is 1. The van der Waals surface area contributed by atoms with E-state index in [0.29, 0.717) is 24.9 Å². The number of nitrogens with zero attached hydrogens (tertiary/aromatic N) is 1. The molecule has 3 fully saturated rings. The quantitative estimate of drug-likeness (QED) is 0.915. The Morgan fingerprint density at radius 3 is 2.52 bits per heavy atom. The smallest absolute Gasteiger partial charge is 0.308 e. The standard InChI is InChI=1S/C21H27NO3/c1-14-12-22(13-18(14)19(23)24)20(25)21(10-15-5-3-2-4-6-15)11-16-7-8-17(21)9-16/h2-6,14,16-18H,7-13H2,1H3,(H,23,24)/t14-,16?,17?,18-,21?/m1/s1. The zero-order chi connectivity index (χ0) is 17.6. The van der Waals surface area contributed by atoms with Gasteiger partial charge in [-0.3, -0.25) is 9.59 Å². The Balaban J connectivity index is 1.61. The number of carbonyl (C=O) groups is 2. The van der Waals surface area contributed by atoms with Gasteiger partial charge in [0.05, 0.1) is 11.3 Å². The summed E-state index contributed by atoms with van der Waals surface area (Å²) in [5, 5.41) is 9.42. The Morgan fingerprint density at radius 1 is 1.20 bits per heavy atom.